The van der Waals surface area contributed by atoms with Crippen molar-refractivity contribution < 1.29 is 9.59 Å². The summed E-state index contributed by atoms with van der Waals surface area (Å²) in [5, 5.41) is 0. The molecule has 13 heavy (non-hydrogen) atoms. The zero-order valence-electron chi connectivity index (χ0n) is 8.57. The van der Waals surface area contributed by atoms with E-state index in [1.54, 1.807) is 28.1 Å². The highest BCUT2D eigenvalue weighted by molar-refractivity contribution is 5.86. The number of nitrogens with zero attached hydrogens (tertiary/aromatic N) is 2. The minimum absolute atomic E-state index is 0.0768. The van der Waals surface area contributed by atoms with E-state index < -0.39 is 6.04 Å². The third kappa shape index (κ3) is 3.89. The lowest BCUT2D eigenvalue weighted by Gasteiger charge is -2.20. The van der Waals surface area contributed by atoms with Crippen molar-refractivity contribution in [2.75, 3.05) is 27.7 Å². The van der Waals surface area contributed by atoms with Crippen LogP contribution in [0.1, 0.15) is 6.92 Å². The molecule has 0 radical (unpaired) electrons. The van der Waals surface area contributed by atoms with Gasteiger partial charge in [-0.3, -0.25) is 9.59 Å². The van der Waals surface area contributed by atoms with Gasteiger partial charge in [0.25, 0.3) is 0 Å². The molecule has 0 fully saturated rings. The van der Waals surface area contributed by atoms with Crippen LogP contribution >= 0.6 is 0 Å². The predicted octanol–water partition coefficient (Wildman–Crippen LogP) is -1.12. The average Bonchev–Trinajstić information content (AvgIpc) is 2.02. The van der Waals surface area contributed by atoms with Gasteiger partial charge in [0.1, 0.15) is 0 Å². The van der Waals surface area contributed by atoms with Crippen LogP contribution < -0.4 is 5.73 Å². The number of carbonyl (C=O) groups is 2. The molecule has 0 bridgehead atoms. The molecule has 1 atom stereocenters. The van der Waals surface area contributed by atoms with Gasteiger partial charge >= 0.3 is 0 Å². The van der Waals surface area contributed by atoms with Gasteiger partial charge in [0.05, 0.1) is 12.6 Å². The highest BCUT2D eigenvalue weighted by Crippen LogP contribution is 1.90. The third-order valence-corrected chi connectivity index (χ3v) is 1.64. The van der Waals surface area contributed by atoms with E-state index in [-0.39, 0.29) is 18.4 Å². The first kappa shape index (κ1) is 11.9. The summed E-state index contributed by atoms with van der Waals surface area (Å²) >= 11 is 0. The van der Waals surface area contributed by atoms with E-state index in [0.29, 0.717) is 0 Å². The van der Waals surface area contributed by atoms with Crippen molar-refractivity contribution in [1.82, 2.24) is 9.80 Å². The van der Waals surface area contributed by atoms with Crippen LogP contribution in [0.15, 0.2) is 0 Å². The largest absolute Gasteiger partial charge is 0.347 e. The van der Waals surface area contributed by atoms with Gasteiger partial charge in [0.2, 0.25) is 11.8 Å². The van der Waals surface area contributed by atoms with Gasteiger partial charge in [-0.2, -0.15) is 0 Å². The molecule has 0 saturated heterocycles. The van der Waals surface area contributed by atoms with Crippen LogP contribution in [0.2, 0.25) is 0 Å². The van der Waals surface area contributed by atoms with Crippen molar-refractivity contribution >= 4 is 11.8 Å². The number of amides is 2. The monoisotopic (exact) mass is 187 g/mol. The number of nitrogens with two attached hydrogens (primary N) is 1. The molecule has 0 aliphatic heterocycles. The minimum Gasteiger partial charge on any atom is -0.347 e. The molecule has 0 aromatic rings. The van der Waals surface area contributed by atoms with Gasteiger partial charge in [0.15, 0.2) is 0 Å². The average molecular weight is 187 g/mol. The van der Waals surface area contributed by atoms with Crippen molar-refractivity contribution in [3.8, 4) is 0 Å². The maximum absolute atomic E-state index is 11.2. The van der Waals surface area contributed by atoms with E-state index in [9.17, 15) is 9.59 Å². The van der Waals surface area contributed by atoms with Gasteiger partial charge < -0.3 is 15.5 Å². The Morgan fingerprint density at radius 3 is 2.08 bits per heavy atom. The van der Waals surface area contributed by atoms with E-state index in [4.69, 9.17) is 5.73 Å². The zero-order valence-corrected chi connectivity index (χ0v) is 8.57. The van der Waals surface area contributed by atoms with Gasteiger partial charge in [-0.05, 0) is 6.92 Å². The summed E-state index contributed by atoms with van der Waals surface area (Å²) in [7, 11) is 4.85. The highest BCUT2D eigenvalue weighted by Gasteiger charge is 2.16. The van der Waals surface area contributed by atoms with E-state index in [0.717, 1.165) is 0 Å². The Kier molecular flexibility index (Phi) is 4.40. The van der Waals surface area contributed by atoms with E-state index in [2.05, 4.69) is 0 Å². The molecule has 0 aliphatic rings. The van der Waals surface area contributed by atoms with Crippen molar-refractivity contribution in [1.29, 1.82) is 0 Å². The Balaban J connectivity index is 4.08. The molecule has 76 valence electrons. The van der Waals surface area contributed by atoms with Crippen molar-refractivity contribution in [3.05, 3.63) is 0 Å². The van der Waals surface area contributed by atoms with Crippen molar-refractivity contribution in [3.63, 3.8) is 0 Å². The first-order valence-corrected chi connectivity index (χ1v) is 4.07. The molecule has 0 aromatic heterocycles. The molecule has 0 saturated carbocycles. The second-order valence-electron chi connectivity index (χ2n) is 3.27. The van der Waals surface area contributed by atoms with Crippen LogP contribution in [0.25, 0.3) is 0 Å². The molecule has 5 heteroatoms. The number of carbonyl (C=O) groups excluding carboxylic acids is 2. The molecular formula is C8H17N3O2. The fraction of sp³-hybridized carbons (Fsp3) is 0.750. The van der Waals surface area contributed by atoms with E-state index in [1.807, 2.05) is 0 Å². The first-order valence-electron chi connectivity index (χ1n) is 4.07. The Bertz CT molecular complexity index is 202. The Morgan fingerprint density at radius 2 is 1.77 bits per heavy atom. The molecular weight excluding hydrogens is 170 g/mol. The van der Waals surface area contributed by atoms with Crippen LogP contribution in [0, 0.1) is 0 Å². The summed E-state index contributed by atoms with van der Waals surface area (Å²) in [4.78, 5) is 25.2. The second kappa shape index (κ2) is 4.81. The summed E-state index contributed by atoms with van der Waals surface area (Å²) in [6.45, 7) is 1.67. The minimum atomic E-state index is -0.556. The highest BCUT2D eigenvalue weighted by atomic mass is 16.2. The normalized spacial score (nSPS) is 12.1. The maximum Gasteiger partial charge on any atom is 0.241 e. The van der Waals surface area contributed by atoms with E-state index >= 15 is 0 Å². The van der Waals surface area contributed by atoms with Crippen LogP contribution in [0.4, 0.5) is 0 Å². The summed E-state index contributed by atoms with van der Waals surface area (Å²) < 4.78 is 0. The van der Waals surface area contributed by atoms with Crippen molar-refractivity contribution in [2.45, 2.75) is 13.0 Å². The summed E-state index contributed by atoms with van der Waals surface area (Å²) in [5.41, 5.74) is 5.37. The quantitative estimate of drug-likeness (QED) is 0.608. The fourth-order valence-electron chi connectivity index (χ4n) is 0.770. The predicted molar refractivity (Wildman–Crippen MR) is 50.0 cm³/mol. The number of rotatable bonds is 3. The molecule has 0 unspecified atom stereocenters. The molecule has 2 N–H and O–H groups in total. The first-order chi connectivity index (χ1) is 5.86. The number of hydrogen-bond acceptors (Lipinski definition) is 3. The second-order valence-corrected chi connectivity index (χ2v) is 3.27. The lowest BCUT2D eigenvalue weighted by molar-refractivity contribution is -0.138. The van der Waals surface area contributed by atoms with Crippen molar-refractivity contribution in [2.24, 2.45) is 5.73 Å². The Labute approximate surface area is 78.5 Å². The smallest absolute Gasteiger partial charge is 0.241 e. The molecule has 0 aromatic carbocycles. The molecule has 2 amide bonds. The summed E-state index contributed by atoms with van der Waals surface area (Å²) in [6.07, 6.45) is 0. The third-order valence-electron chi connectivity index (χ3n) is 1.64. The number of hydrogen-bond donors (Lipinski definition) is 1. The standard InChI is InChI=1S/C8H17N3O2/c1-6(9)8(13)11(4)5-7(12)10(2)3/h6H,5,9H2,1-4H3/t6-/m0/s1. The van der Waals surface area contributed by atoms with Gasteiger partial charge in [-0.25, -0.2) is 0 Å². The topological polar surface area (TPSA) is 66.6 Å². The fourth-order valence-corrected chi connectivity index (χ4v) is 0.770. The van der Waals surface area contributed by atoms with Crippen LogP contribution in [0.5, 0.6) is 0 Å². The van der Waals surface area contributed by atoms with Gasteiger partial charge in [-0.15, -0.1) is 0 Å². The molecule has 5 nitrogen and oxygen atoms in total. The SMILES string of the molecule is C[C@H](N)C(=O)N(C)CC(=O)N(C)C. The van der Waals surface area contributed by atoms with Gasteiger partial charge in [0, 0.05) is 21.1 Å². The lowest BCUT2D eigenvalue weighted by atomic mass is 10.3. The van der Waals surface area contributed by atoms with Crippen LogP contribution in [-0.4, -0.2) is 55.3 Å². The van der Waals surface area contributed by atoms with Crippen LogP contribution in [0.3, 0.4) is 0 Å². The molecule has 0 rings (SSSR count). The van der Waals surface area contributed by atoms with Crippen LogP contribution in [-0.2, 0) is 9.59 Å². The Morgan fingerprint density at radius 1 is 1.31 bits per heavy atom. The summed E-state index contributed by atoms with van der Waals surface area (Å²) in [6, 6.07) is -0.556. The van der Waals surface area contributed by atoms with E-state index in [1.165, 1.54) is 9.80 Å². The molecule has 0 heterocycles. The van der Waals surface area contributed by atoms with Gasteiger partial charge in [-0.1, -0.05) is 0 Å². The lowest BCUT2D eigenvalue weighted by Crippen LogP contribution is -2.44. The summed E-state index contributed by atoms with van der Waals surface area (Å²) in [5.74, 6) is -0.341. The maximum atomic E-state index is 11.2. The Hall–Kier alpha value is -1.10. The zero-order chi connectivity index (χ0) is 10.6. The number of likely N-dealkylation sites (N-methyl/N-ethyl adjacent to an activating group) is 2. The molecule has 0 aliphatic carbocycles. The molecule has 0 spiro atoms.